The van der Waals surface area contributed by atoms with Crippen LogP contribution in [0.4, 0.5) is 5.69 Å². The summed E-state index contributed by atoms with van der Waals surface area (Å²) in [4.78, 5) is 12.5. The van der Waals surface area contributed by atoms with Crippen molar-refractivity contribution in [3.8, 4) is 11.5 Å². The number of carbonyl (C=O) groups excluding carboxylic acids is 1. The lowest BCUT2D eigenvalue weighted by molar-refractivity contribution is 0.0992. The number of amides is 1. The Bertz CT molecular complexity index is 993. The monoisotopic (exact) mass is 439 g/mol. The molecule has 0 saturated carbocycles. The lowest BCUT2D eigenvalue weighted by Crippen LogP contribution is -2.12. The van der Waals surface area contributed by atoms with Crippen molar-refractivity contribution >= 4 is 46.4 Å². The van der Waals surface area contributed by atoms with E-state index in [-0.39, 0.29) is 22.4 Å². The number of rotatable bonds is 6. The number of nitrogens with one attached hydrogen (secondary N) is 1. The molecule has 3 rings (SSSR count). The first-order chi connectivity index (χ1) is 13.4. The Morgan fingerprint density at radius 1 is 1.07 bits per heavy atom. The largest absolute Gasteiger partial charge is 0.495 e. The van der Waals surface area contributed by atoms with Gasteiger partial charge >= 0.3 is 0 Å². The molecule has 8 heteroatoms. The zero-order valence-electron chi connectivity index (χ0n) is 15.0. The minimum absolute atomic E-state index is 0.0438. The van der Waals surface area contributed by atoms with Crippen LogP contribution >= 0.6 is 34.8 Å². The van der Waals surface area contributed by atoms with Crippen molar-refractivity contribution < 1.29 is 18.7 Å². The van der Waals surface area contributed by atoms with Crippen LogP contribution in [0.25, 0.3) is 0 Å². The molecule has 1 heterocycles. The van der Waals surface area contributed by atoms with Crippen molar-refractivity contribution in [1.29, 1.82) is 0 Å². The van der Waals surface area contributed by atoms with E-state index in [0.717, 1.165) is 5.56 Å². The van der Waals surface area contributed by atoms with Gasteiger partial charge in [0, 0.05) is 5.02 Å². The van der Waals surface area contributed by atoms with Crippen LogP contribution in [0.5, 0.6) is 11.5 Å². The first kappa shape index (κ1) is 20.4. The van der Waals surface area contributed by atoms with Crippen molar-refractivity contribution in [3.63, 3.8) is 0 Å². The SMILES string of the molecule is COc1ccc(C)cc1NC(=O)c1ccc(COc2c(Cl)cc(Cl)cc2Cl)o1. The second kappa shape index (κ2) is 8.78. The van der Waals surface area contributed by atoms with Crippen molar-refractivity contribution in [3.05, 3.63) is 74.6 Å². The Morgan fingerprint density at radius 2 is 1.79 bits per heavy atom. The van der Waals surface area contributed by atoms with Crippen molar-refractivity contribution in [2.45, 2.75) is 13.5 Å². The number of furan rings is 1. The Kier molecular flexibility index (Phi) is 6.39. The molecule has 0 aliphatic heterocycles. The lowest BCUT2D eigenvalue weighted by atomic mass is 10.2. The van der Waals surface area contributed by atoms with Gasteiger partial charge in [0.2, 0.25) is 0 Å². The van der Waals surface area contributed by atoms with Crippen LogP contribution in [0.1, 0.15) is 21.9 Å². The number of anilines is 1. The lowest BCUT2D eigenvalue weighted by Gasteiger charge is -2.10. The molecule has 146 valence electrons. The van der Waals surface area contributed by atoms with Gasteiger partial charge < -0.3 is 19.2 Å². The molecule has 1 aromatic heterocycles. The summed E-state index contributed by atoms with van der Waals surface area (Å²) in [5, 5.41) is 3.75. The van der Waals surface area contributed by atoms with E-state index in [4.69, 9.17) is 48.7 Å². The fourth-order valence-corrected chi connectivity index (χ4v) is 3.42. The van der Waals surface area contributed by atoms with Crippen LogP contribution in [0.2, 0.25) is 15.1 Å². The maximum atomic E-state index is 12.5. The van der Waals surface area contributed by atoms with Gasteiger partial charge in [-0.1, -0.05) is 40.9 Å². The number of ether oxygens (including phenoxy) is 2. The molecule has 0 atom stereocenters. The van der Waals surface area contributed by atoms with Crippen LogP contribution in [0.15, 0.2) is 46.9 Å². The van der Waals surface area contributed by atoms with Gasteiger partial charge in [-0.15, -0.1) is 0 Å². The molecule has 1 N–H and O–H groups in total. The van der Waals surface area contributed by atoms with Crippen molar-refractivity contribution in [1.82, 2.24) is 0 Å². The molecular weight excluding hydrogens is 425 g/mol. The molecule has 0 aliphatic carbocycles. The minimum atomic E-state index is -0.405. The van der Waals surface area contributed by atoms with Gasteiger partial charge in [0.05, 0.1) is 22.8 Å². The molecular formula is C20H16Cl3NO4. The Balaban J connectivity index is 1.69. The van der Waals surface area contributed by atoms with E-state index < -0.39 is 5.91 Å². The number of hydrogen-bond donors (Lipinski definition) is 1. The van der Waals surface area contributed by atoms with Crippen LogP contribution in [-0.4, -0.2) is 13.0 Å². The van der Waals surface area contributed by atoms with Crippen LogP contribution < -0.4 is 14.8 Å². The highest BCUT2D eigenvalue weighted by atomic mass is 35.5. The first-order valence-electron chi connectivity index (χ1n) is 8.19. The highest BCUT2D eigenvalue weighted by Crippen LogP contribution is 2.36. The third-order valence-corrected chi connectivity index (χ3v) is 4.59. The van der Waals surface area contributed by atoms with Gasteiger partial charge in [0.15, 0.2) is 11.5 Å². The molecule has 0 saturated heterocycles. The zero-order chi connectivity index (χ0) is 20.3. The molecule has 0 spiro atoms. The molecule has 28 heavy (non-hydrogen) atoms. The van der Waals surface area contributed by atoms with Crippen LogP contribution in [0.3, 0.4) is 0 Å². The third-order valence-electron chi connectivity index (χ3n) is 3.81. The Hall–Kier alpha value is -2.34. The van der Waals surface area contributed by atoms with Gasteiger partial charge in [0.1, 0.15) is 18.1 Å². The summed E-state index contributed by atoms with van der Waals surface area (Å²) >= 11 is 18.1. The molecule has 2 aromatic carbocycles. The smallest absolute Gasteiger partial charge is 0.291 e. The second-order valence-corrected chi connectivity index (χ2v) is 7.16. The average Bonchev–Trinajstić information content (AvgIpc) is 3.10. The standard InChI is InChI=1S/C20H16Cl3NO4/c1-11-3-5-17(26-2)16(7-11)24-20(25)18-6-4-13(28-18)10-27-19-14(22)8-12(21)9-15(19)23/h3-9H,10H2,1-2H3,(H,24,25). The first-order valence-corrected chi connectivity index (χ1v) is 9.33. The van der Waals surface area contributed by atoms with E-state index in [1.165, 1.54) is 19.2 Å². The van der Waals surface area contributed by atoms with Gasteiger partial charge in [-0.25, -0.2) is 0 Å². The van der Waals surface area contributed by atoms with E-state index in [9.17, 15) is 4.79 Å². The van der Waals surface area contributed by atoms with Gasteiger partial charge in [-0.2, -0.15) is 0 Å². The maximum Gasteiger partial charge on any atom is 0.291 e. The highest BCUT2D eigenvalue weighted by Gasteiger charge is 2.15. The predicted molar refractivity (Wildman–Crippen MR) is 110 cm³/mol. The number of methoxy groups -OCH3 is 1. The topological polar surface area (TPSA) is 60.7 Å². The molecule has 0 radical (unpaired) electrons. The summed E-state index contributed by atoms with van der Waals surface area (Å²) in [7, 11) is 1.54. The van der Waals surface area contributed by atoms with E-state index in [1.54, 1.807) is 18.2 Å². The maximum absolute atomic E-state index is 12.5. The molecule has 0 fully saturated rings. The zero-order valence-corrected chi connectivity index (χ0v) is 17.3. The summed E-state index contributed by atoms with van der Waals surface area (Å²) in [6, 6.07) is 11.7. The number of aryl methyl sites for hydroxylation is 1. The summed E-state index contributed by atoms with van der Waals surface area (Å²) in [6.45, 7) is 1.96. The highest BCUT2D eigenvalue weighted by molar-refractivity contribution is 6.40. The summed E-state index contributed by atoms with van der Waals surface area (Å²) in [5.41, 5.74) is 1.54. The van der Waals surface area contributed by atoms with E-state index in [0.29, 0.717) is 28.0 Å². The van der Waals surface area contributed by atoms with Crippen LogP contribution in [0, 0.1) is 6.92 Å². The molecule has 5 nitrogen and oxygen atoms in total. The number of hydrogen-bond acceptors (Lipinski definition) is 4. The molecule has 3 aromatic rings. The summed E-state index contributed by atoms with van der Waals surface area (Å²) < 4.78 is 16.4. The fraction of sp³-hybridized carbons (Fsp3) is 0.150. The van der Waals surface area contributed by atoms with E-state index in [1.807, 2.05) is 19.1 Å². The number of halogens is 3. The predicted octanol–water partition coefficient (Wildman–Crippen LogP) is 6.39. The minimum Gasteiger partial charge on any atom is -0.495 e. The van der Waals surface area contributed by atoms with Gasteiger partial charge in [-0.3, -0.25) is 4.79 Å². The van der Waals surface area contributed by atoms with E-state index in [2.05, 4.69) is 5.32 Å². The van der Waals surface area contributed by atoms with Gasteiger partial charge in [0.25, 0.3) is 5.91 Å². The van der Waals surface area contributed by atoms with Gasteiger partial charge in [-0.05, 0) is 48.9 Å². The molecule has 0 bridgehead atoms. The third kappa shape index (κ3) is 4.73. The van der Waals surface area contributed by atoms with Crippen molar-refractivity contribution in [2.24, 2.45) is 0 Å². The Labute approximate surface area is 177 Å². The fourth-order valence-electron chi connectivity index (χ4n) is 2.49. The molecule has 0 aliphatic rings. The summed E-state index contributed by atoms with van der Waals surface area (Å²) in [5.74, 6) is 1.01. The Morgan fingerprint density at radius 3 is 2.46 bits per heavy atom. The average molecular weight is 441 g/mol. The number of carbonyl (C=O) groups is 1. The van der Waals surface area contributed by atoms with Crippen LogP contribution in [-0.2, 0) is 6.61 Å². The second-order valence-electron chi connectivity index (χ2n) is 5.91. The van der Waals surface area contributed by atoms with E-state index >= 15 is 0 Å². The van der Waals surface area contributed by atoms with Crippen molar-refractivity contribution in [2.75, 3.05) is 12.4 Å². The molecule has 1 amide bonds. The number of benzene rings is 2. The quantitative estimate of drug-likeness (QED) is 0.482. The normalized spacial score (nSPS) is 10.6. The summed E-state index contributed by atoms with van der Waals surface area (Å²) in [6.07, 6.45) is 0. The molecule has 0 unspecified atom stereocenters.